The van der Waals surface area contributed by atoms with Crippen molar-refractivity contribution in [3.05, 3.63) is 11.6 Å². The molecule has 1 aromatic heterocycles. The van der Waals surface area contributed by atoms with Gasteiger partial charge in [0.1, 0.15) is 12.4 Å². The van der Waals surface area contributed by atoms with Crippen LogP contribution in [0.1, 0.15) is 64.5 Å². The van der Waals surface area contributed by atoms with Crippen LogP contribution in [0.25, 0.3) is 0 Å². The highest BCUT2D eigenvalue weighted by Crippen LogP contribution is 2.11. The van der Waals surface area contributed by atoms with Crippen LogP contribution in [0.2, 0.25) is 0 Å². The lowest BCUT2D eigenvalue weighted by atomic mass is 10.1. The summed E-state index contributed by atoms with van der Waals surface area (Å²) in [6, 6.07) is 0. The van der Waals surface area contributed by atoms with Crippen molar-refractivity contribution < 1.29 is 5.11 Å². The topological polar surface area (TPSA) is 50.9 Å². The minimum absolute atomic E-state index is 0.0183. The van der Waals surface area contributed by atoms with E-state index in [1.807, 2.05) is 0 Å². The number of aryl methyl sites for hydroxylation is 1. The lowest BCUT2D eigenvalue weighted by Crippen LogP contribution is -2.12. The molecule has 0 aliphatic rings. The third kappa shape index (κ3) is 4.77. The maximum absolute atomic E-state index is 9.26. The number of hydrogen-bond donors (Lipinski definition) is 1. The van der Waals surface area contributed by atoms with Crippen molar-refractivity contribution in [2.75, 3.05) is 0 Å². The van der Waals surface area contributed by atoms with Crippen LogP contribution in [0.3, 0.4) is 0 Å². The van der Waals surface area contributed by atoms with E-state index in [0.29, 0.717) is 11.7 Å². The van der Waals surface area contributed by atoms with E-state index >= 15 is 0 Å². The van der Waals surface area contributed by atoms with Crippen molar-refractivity contribution in [3.63, 3.8) is 0 Å². The summed E-state index contributed by atoms with van der Waals surface area (Å²) in [7, 11) is 0. The van der Waals surface area contributed by atoms with Crippen molar-refractivity contribution in [2.24, 2.45) is 5.92 Å². The lowest BCUT2D eigenvalue weighted by Gasteiger charge is -2.11. The van der Waals surface area contributed by atoms with Crippen molar-refractivity contribution in [1.82, 2.24) is 14.8 Å². The first-order valence-corrected chi connectivity index (χ1v) is 7.20. The number of rotatable bonds is 9. The summed E-state index contributed by atoms with van der Waals surface area (Å²) in [6.45, 7) is 7.45. The van der Waals surface area contributed by atoms with Gasteiger partial charge in [-0.2, -0.15) is 0 Å². The van der Waals surface area contributed by atoms with Crippen LogP contribution in [-0.4, -0.2) is 19.9 Å². The molecule has 0 aromatic carbocycles. The van der Waals surface area contributed by atoms with E-state index in [4.69, 9.17) is 0 Å². The third-order valence-electron chi connectivity index (χ3n) is 3.10. The number of unbranched alkanes of at least 4 members (excludes halogenated alkanes) is 4. The highest BCUT2D eigenvalue weighted by atomic mass is 16.3. The first kappa shape index (κ1) is 15.2. The van der Waals surface area contributed by atoms with Gasteiger partial charge in [-0.3, -0.25) is 0 Å². The van der Waals surface area contributed by atoms with Gasteiger partial charge >= 0.3 is 0 Å². The Kier molecular flexibility index (Phi) is 6.94. The van der Waals surface area contributed by atoms with Crippen LogP contribution in [0, 0.1) is 5.92 Å². The van der Waals surface area contributed by atoms with Crippen LogP contribution in [-0.2, 0) is 19.6 Å². The maximum atomic E-state index is 9.26. The Hall–Kier alpha value is -0.900. The van der Waals surface area contributed by atoms with Gasteiger partial charge in [-0.25, -0.2) is 0 Å². The first-order valence-electron chi connectivity index (χ1n) is 7.20. The monoisotopic (exact) mass is 253 g/mol. The zero-order chi connectivity index (χ0) is 13.4. The molecular weight excluding hydrogens is 226 g/mol. The minimum Gasteiger partial charge on any atom is -0.388 e. The zero-order valence-electron chi connectivity index (χ0n) is 12.0. The highest BCUT2D eigenvalue weighted by molar-refractivity contribution is 4.95. The van der Waals surface area contributed by atoms with Gasteiger partial charge in [-0.1, -0.05) is 46.5 Å². The van der Waals surface area contributed by atoms with Gasteiger partial charge < -0.3 is 9.67 Å². The van der Waals surface area contributed by atoms with E-state index in [2.05, 4.69) is 35.5 Å². The van der Waals surface area contributed by atoms with Gasteiger partial charge in [0.15, 0.2) is 5.82 Å². The molecule has 0 saturated heterocycles. The summed E-state index contributed by atoms with van der Waals surface area (Å²) in [5.41, 5.74) is 0. The molecule has 18 heavy (non-hydrogen) atoms. The maximum Gasteiger partial charge on any atom is 0.158 e. The molecule has 0 unspecified atom stereocenters. The number of aliphatic hydroxyl groups excluding tert-OH is 1. The fraction of sp³-hybridized carbons (Fsp3) is 0.857. The largest absolute Gasteiger partial charge is 0.388 e. The quantitative estimate of drug-likeness (QED) is 0.688. The van der Waals surface area contributed by atoms with Crippen molar-refractivity contribution in [1.29, 1.82) is 0 Å². The Morgan fingerprint density at radius 2 is 1.72 bits per heavy atom. The van der Waals surface area contributed by atoms with Crippen LogP contribution in [0.5, 0.6) is 0 Å². The molecule has 0 radical (unpaired) electrons. The van der Waals surface area contributed by atoms with Crippen molar-refractivity contribution in [3.8, 4) is 0 Å². The summed E-state index contributed by atoms with van der Waals surface area (Å²) in [5.74, 6) is 2.28. The third-order valence-corrected chi connectivity index (χ3v) is 3.10. The molecule has 0 bridgehead atoms. The Morgan fingerprint density at radius 1 is 1.06 bits per heavy atom. The molecule has 1 N–H and O–H groups in total. The van der Waals surface area contributed by atoms with Gasteiger partial charge in [0.2, 0.25) is 0 Å². The average molecular weight is 253 g/mol. The summed E-state index contributed by atoms with van der Waals surface area (Å²) in [6.07, 6.45) is 7.31. The van der Waals surface area contributed by atoms with Crippen LogP contribution in [0.4, 0.5) is 0 Å². The molecule has 1 rings (SSSR count). The molecule has 0 amide bonds. The molecule has 0 spiro atoms. The summed E-state index contributed by atoms with van der Waals surface area (Å²) in [4.78, 5) is 0. The molecule has 1 heterocycles. The van der Waals surface area contributed by atoms with E-state index in [1.165, 1.54) is 32.1 Å². The zero-order valence-corrected chi connectivity index (χ0v) is 12.0. The molecule has 1 aromatic rings. The number of hydrogen-bond acceptors (Lipinski definition) is 3. The normalized spacial score (nSPS) is 11.4. The van der Waals surface area contributed by atoms with Gasteiger partial charge in [-0.15, -0.1) is 10.2 Å². The van der Waals surface area contributed by atoms with E-state index in [1.54, 1.807) is 0 Å². The number of nitrogens with zero attached hydrogens (tertiary/aromatic N) is 3. The molecule has 0 aliphatic carbocycles. The van der Waals surface area contributed by atoms with E-state index in [-0.39, 0.29) is 6.61 Å². The lowest BCUT2D eigenvalue weighted by molar-refractivity contribution is 0.261. The van der Waals surface area contributed by atoms with E-state index < -0.39 is 0 Å². The molecule has 4 heteroatoms. The van der Waals surface area contributed by atoms with E-state index in [9.17, 15) is 5.11 Å². The molecule has 0 fully saturated rings. The van der Waals surface area contributed by atoms with Crippen LogP contribution >= 0.6 is 0 Å². The van der Waals surface area contributed by atoms with Gasteiger partial charge in [0.25, 0.3) is 0 Å². The second-order valence-corrected chi connectivity index (χ2v) is 5.36. The predicted molar refractivity (Wildman–Crippen MR) is 73.2 cm³/mol. The van der Waals surface area contributed by atoms with Crippen LogP contribution < -0.4 is 0 Å². The van der Waals surface area contributed by atoms with Crippen LogP contribution in [0.15, 0.2) is 0 Å². The molecule has 4 nitrogen and oxygen atoms in total. The van der Waals surface area contributed by atoms with E-state index in [0.717, 1.165) is 18.8 Å². The highest BCUT2D eigenvalue weighted by Gasteiger charge is 2.11. The fourth-order valence-electron chi connectivity index (χ4n) is 2.14. The summed E-state index contributed by atoms with van der Waals surface area (Å²) >= 11 is 0. The van der Waals surface area contributed by atoms with Gasteiger partial charge in [0, 0.05) is 13.0 Å². The van der Waals surface area contributed by atoms with Gasteiger partial charge in [-0.05, 0) is 12.3 Å². The smallest absolute Gasteiger partial charge is 0.158 e. The predicted octanol–water partition coefficient (Wildman–Crippen LogP) is 2.94. The first-order chi connectivity index (χ1) is 8.69. The molecule has 0 saturated carbocycles. The van der Waals surface area contributed by atoms with Crippen molar-refractivity contribution in [2.45, 2.75) is 72.4 Å². The number of aliphatic hydroxyl groups is 1. The molecule has 0 atom stereocenters. The molecule has 104 valence electrons. The molecular formula is C14H27N3O. The Bertz CT molecular complexity index is 334. The fourth-order valence-corrected chi connectivity index (χ4v) is 2.14. The Labute approximate surface area is 110 Å². The minimum atomic E-state index is -0.0183. The average Bonchev–Trinajstić information content (AvgIpc) is 2.71. The summed E-state index contributed by atoms with van der Waals surface area (Å²) in [5, 5.41) is 17.5. The second kappa shape index (κ2) is 8.25. The second-order valence-electron chi connectivity index (χ2n) is 5.36. The Balaban J connectivity index is 2.50. The standard InChI is InChI=1S/C14H27N3O/c1-4-5-6-7-8-9-13-15-16-14(11-18)17(13)10-12(2)3/h12,18H,4-11H2,1-3H3. The molecule has 0 aliphatic heterocycles. The number of aromatic nitrogens is 3. The van der Waals surface area contributed by atoms with Crippen molar-refractivity contribution >= 4 is 0 Å². The Morgan fingerprint density at radius 3 is 2.33 bits per heavy atom. The van der Waals surface area contributed by atoms with Gasteiger partial charge in [0.05, 0.1) is 0 Å². The SMILES string of the molecule is CCCCCCCc1nnc(CO)n1CC(C)C. The summed E-state index contributed by atoms with van der Waals surface area (Å²) < 4.78 is 2.09.